The Bertz CT molecular complexity index is 255. The van der Waals surface area contributed by atoms with Crippen molar-refractivity contribution in [3.05, 3.63) is 0 Å². The highest BCUT2D eigenvalue weighted by atomic mass is 32.2. The molecule has 1 aliphatic rings. The van der Waals surface area contributed by atoms with Gasteiger partial charge < -0.3 is 5.73 Å². The SMILES string of the molecule is CCS(=O)(=O)CCCC1(CN)CC1. The smallest absolute Gasteiger partial charge is 0.150 e. The molecule has 13 heavy (non-hydrogen) atoms. The Morgan fingerprint density at radius 1 is 1.38 bits per heavy atom. The van der Waals surface area contributed by atoms with Crippen LogP contribution in [0.1, 0.15) is 32.6 Å². The van der Waals surface area contributed by atoms with Crippen LogP contribution in [-0.2, 0) is 9.84 Å². The van der Waals surface area contributed by atoms with Gasteiger partial charge in [0.25, 0.3) is 0 Å². The van der Waals surface area contributed by atoms with Gasteiger partial charge in [-0.15, -0.1) is 0 Å². The minimum Gasteiger partial charge on any atom is -0.330 e. The molecule has 78 valence electrons. The maximum absolute atomic E-state index is 11.2. The lowest BCUT2D eigenvalue weighted by molar-refractivity contribution is 0.470. The van der Waals surface area contributed by atoms with E-state index in [-0.39, 0.29) is 5.75 Å². The van der Waals surface area contributed by atoms with Crippen LogP contribution >= 0.6 is 0 Å². The molecule has 1 fully saturated rings. The molecule has 0 saturated heterocycles. The summed E-state index contributed by atoms with van der Waals surface area (Å²) >= 11 is 0. The van der Waals surface area contributed by atoms with Crippen LogP contribution < -0.4 is 5.73 Å². The molecule has 0 unspecified atom stereocenters. The Labute approximate surface area is 80.6 Å². The minimum atomic E-state index is -2.76. The molecule has 0 atom stereocenters. The van der Waals surface area contributed by atoms with E-state index in [1.807, 2.05) is 0 Å². The van der Waals surface area contributed by atoms with E-state index < -0.39 is 9.84 Å². The normalized spacial score (nSPS) is 20.2. The zero-order valence-corrected chi connectivity index (χ0v) is 9.07. The Balaban J connectivity index is 2.21. The van der Waals surface area contributed by atoms with Gasteiger partial charge in [0.15, 0.2) is 0 Å². The largest absolute Gasteiger partial charge is 0.330 e. The average Bonchev–Trinajstić information content (AvgIpc) is 2.85. The Hall–Kier alpha value is -0.0900. The van der Waals surface area contributed by atoms with Gasteiger partial charge in [-0.1, -0.05) is 6.92 Å². The summed E-state index contributed by atoms with van der Waals surface area (Å²) in [6, 6.07) is 0. The van der Waals surface area contributed by atoms with Crippen LogP contribution in [-0.4, -0.2) is 26.5 Å². The van der Waals surface area contributed by atoms with Crippen LogP contribution in [0.4, 0.5) is 0 Å². The maximum Gasteiger partial charge on any atom is 0.150 e. The third kappa shape index (κ3) is 3.27. The lowest BCUT2D eigenvalue weighted by Gasteiger charge is -2.10. The van der Waals surface area contributed by atoms with E-state index >= 15 is 0 Å². The first-order chi connectivity index (χ1) is 6.04. The molecule has 4 heteroatoms. The van der Waals surface area contributed by atoms with E-state index in [9.17, 15) is 8.42 Å². The van der Waals surface area contributed by atoms with Crippen molar-refractivity contribution in [3.63, 3.8) is 0 Å². The summed E-state index contributed by atoms with van der Waals surface area (Å²) < 4.78 is 22.3. The van der Waals surface area contributed by atoms with Crippen molar-refractivity contribution in [2.75, 3.05) is 18.1 Å². The van der Waals surface area contributed by atoms with Gasteiger partial charge in [-0.25, -0.2) is 8.42 Å². The zero-order chi connectivity index (χ0) is 9.95. The fraction of sp³-hybridized carbons (Fsp3) is 1.00. The predicted octanol–water partition coefficient (Wildman–Crippen LogP) is 0.940. The lowest BCUT2D eigenvalue weighted by atomic mass is 10.0. The predicted molar refractivity (Wildman–Crippen MR) is 54.3 cm³/mol. The van der Waals surface area contributed by atoms with Gasteiger partial charge in [0, 0.05) is 5.75 Å². The summed E-state index contributed by atoms with van der Waals surface area (Å²) in [4.78, 5) is 0. The maximum atomic E-state index is 11.2. The van der Waals surface area contributed by atoms with Gasteiger partial charge in [0.2, 0.25) is 0 Å². The highest BCUT2D eigenvalue weighted by molar-refractivity contribution is 7.91. The van der Waals surface area contributed by atoms with E-state index in [4.69, 9.17) is 5.73 Å². The number of sulfone groups is 1. The minimum absolute atomic E-state index is 0.266. The highest BCUT2D eigenvalue weighted by Crippen LogP contribution is 2.48. The monoisotopic (exact) mass is 205 g/mol. The standard InChI is InChI=1S/C9H19NO2S/c1-2-13(11,12)7-3-4-9(8-10)5-6-9/h2-8,10H2,1H3. The third-order valence-corrected chi connectivity index (χ3v) is 4.78. The quantitative estimate of drug-likeness (QED) is 0.702. The lowest BCUT2D eigenvalue weighted by Crippen LogP contribution is -2.17. The second-order valence-corrected chi connectivity index (χ2v) is 6.52. The molecule has 0 aromatic heterocycles. The van der Waals surface area contributed by atoms with Crippen molar-refractivity contribution in [3.8, 4) is 0 Å². The Morgan fingerprint density at radius 2 is 2.00 bits per heavy atom. The van der Waals surface area contributed by atoms with Crippen LogP contribution in [0.2, 0.25) is 0 Å². The van der Waals surface area contributed by atoms with Gasteiger partial charge in [0.1, 0.15) is 9.84 Å². The summed E-state index contributed by atoms with van der Waals surface area (Å²) in [7, 11) is -2.76. The summed E-state index contributed by atoms with van der Waals surface area (Å²) in [6.45, 7) is 2.42. The van der Waals surface area contributed by atoms with Crippen LogP contribution in [0.3, 0.4) is 0 Å². The molecule has 1 saturated carbocycles. The van der Waals surface area contributed by atoms with E-state index in [1.54, 1.807) is 6.92 Å². The molecule has 0 amide bonds. The van der Waals surface area contributed by atoms with Crippen LogP contribution in [0, 0.1) is 5.41 Å². The first-order valence-electron chi connectivity index (χ1n) is 4.94. The van der Waals surface area contributed by atoms with Crippen molar-refractivity contribution in [1.29, 1.82) is 0 Å². The number of nitrogens with two attached hydrogens (primary N) is 1. The molecule has 1 rings (SSSR count). The molecule has 0 heterocycles. The molecule has 0 spiro atoms. The topological polar surface area (TPSA) is 60.2 Å². The average molecular weight is 205 g/mol. The molecule has 0 aromatic rings. The number of hydrogen-bond acceptors (Lipinski definition) is 3. The summed E-state index contributed by atoms with van der Waals surface area (Å²) in [5.41, 5.74) is 5.92. The second kappa shape index (κ2) is 3.96. The van der Waals surface area contributed by atoms with Gasteiger partial charge in [-0.3, -0.25) is 0 Å². The molecule has 0 aromatic carbocycles. The van der Waals surface area contributed by atoms with E-state index in [1.165, 1.54) is 12.8 Å². The van der Waals surface area contributed by atoms with E-state index in [0.717, 1.165) is 19.4 Å². The third-order valence-electron chi connectivity index (χ3n) is 2.99. The molecular formula is C9H19NO2S. The number of rotatable bonds is 6. The van der Waals surface area contributed by atoms with Gasteiger partial charge in [-0.05, 0) is 37.6 Å². The van der Waals surface area contributed by atoms with E-state index in [2.05, 4.69) is 0 Å². The molecule has 0 bridgehead atoms. The number of hydrogen-bond donors (Lipinski definition) is 1. The van der Waals surface area contributed by atoms with Crippen molar-refractivity contribution < 1.29 is 8.42 Å². The van der Waals surface area contributed by atoms with Crippen molar-refractivity contribution in [1.82, 2.24) is 0 Å². The van der Waals surface area contributed by atoms with Gasteiger partial charge in [0.05, 0.1) is 5.75 Å². The summed E-state index contributed by atoms with van der Waals surface area (Å²) in [5, 5.41) is 0. The molecule has 2 N–H and O–H groups in total. The molecule has 0 radical (unpaired) electrons. The molecule has 0 aliphatic heterocycles. The molecule has 3 nitrogen and oxygen atoms in total. The van der Waals surface area contributed by atoms with Crippen LogP contribution in [0.25, 0.3) is 0 Å². The van der Waals surface area contributed by atoms with Crippen molar-refractivity contribution in [2.24, 2.45) is 11.1 Å². The van der Waals surface area contributed by atoms with E-state index in [0.29, 0.717) is 11.2 Å². The summed E-state index contributed by atoms with van der Waals surface area (Å²) in [6.07, 6.45) is 4.15. The second-order valence-electron chi connectivity index (χ2n) is 4.04. The van der Waals surface area contributed by atoms with Crippen LogP contribution in [0.5, 0.6) is 0 Å². The van der Waals surface area contributed by atoms with Crippen LogP contribution in [0.15, 0.2) is 0 Å². The molecular weight excluding hydrogens is 186 g/mol. The molecule has 1 aliphatic carbocycles. The Kier molecular flexibility index (Phi) is 3.35. The van der Waals surface area contributed by atoms with Gasteiger partial charge >= 0.3 is 0 Å². The zero-order valence-electron chi connectivity index (χ0n) is 8.25. The van der Waals surface area contributed by atoms with Crippen molar-refractivity contribution >= 4 is 9.84 Å². The highest BCUT2D eigenvalue weighted by Gasteiger charge is 2.40. The summed E-state index contributed by atoms with van der Waals surface area (Å²) in [5.74, 6) is 0.605. The fourth-order valence-electron chi connectivity index (χ4n) is 1.54. The Morgan fingerprint density at radius 3 is 2.38 bits per heavy atom. The fourth-order valence-corrected chi connectivity index (χ4v) is 2.42. The first kappa shape index (κ1) is 11.0. The first-order valence-corrected chi connectivity index (χ1v) is 6.76. The van der Waals surface area contributed by atoms with Crippen molar-refractivity contribution in [2.45, 2.75) is 32.6 Å². The van der Waals surface area contributed by atoms with Gasteiger partial charge in [-0.2, -0.15) is 0 Å².